The van der Waals surface area contributed by atoms with Gasteiger partial charge in [-0.15, -0.1) is 0 Å². The topological polar surface area (TPSA) is 129 Å². The molecule has 2 fully saturated rings. The van der Waals surface area contributed by atoms with Gasteiger partial charge in [-0.25, -0.2) is 14.5 Å². The number of aliphatic carboxylic acids is 1. The number of amides is 3. The predicted molar refractivity (Wildman–Crippen MR) is 203 cm³/mol. The zero-order valence-corrected chi connectivity index (χ0v) is 29.1. The predicted octanol–water partition coefficient (Wildman–Crippen LogP) is 6.89. The highest BCUT2D eigenvalue weighted by Gasteiger charge is 2.37. The van der Waals surface area contributed by atoms with E-state index >= 15 is 0 Å². The number of rotatable bonds is 12. The maximum Gasteiger partial charge on any atom is 0.416 e. The van der Waals surface area contributed by atoms with Gasteiger partial charge in [0.25, 0.3) is 0 Å². The fraction of sp³-hybridized carbons (Fsp3) is 0.233. The third-order valence-electron chi connectivity index (χ3n) is 9.94. The molecule has 0 bridgehead atoms. The van der Waals surface area contributed by atoms with Crippen molar-refractivity contribution in [3.05, 3.63) is 150 Å². The maximum absolute atomic E-state index is 14.0. The number of cyclic esters (lactones) is 1. The molecule has 268 valence electrons. The Morgan fingerprint density at radius 3 is 2.26 bits per heavy atom. The molecule has 10 nitrogen and oxygen atoms in total. The van der Waals surface area contributed by atoms with E-state index < -0.39 is 29.9 Å². The van der Waals surface area contributed by atoms with Gasteiger partial charge in [-0.1, -0.05) is 121 Å². The number of carbonyl (C=O) groups is 4. The van der Waals surface area contributed by atoms with E-state index in [0.29, 0.717) is 41.1 Å². The van der Waals surface area contributed by atoms with E-state index in [9.17, 15) is 24.3 Å². The Morgan fingerprint density at radius 2 is 1.53 bits per heavy atom. The minimum absolute atomic E-state index is 0.0806. The van der Waals surface area contributed by atoms with Gasteiger partial charge in [0, 0.05) is 30.0 Å². The summed E-state index contributed by atoms with van der Waals surface area (Å²) < 4.78 is 5.02. The van der Waals surface area contributed by atoms with E-state index in [1.807, 2.05) is 109 Å². The lowest BCUT2D eigenvalue weighted by Crippen LogP contribution is -2.39. The summed E-state index contributed by atoms with van der Waals surface area (Å²) in [5, 5.41) is 15.9. The van der Waals surface area contributed by atoms with E-state index in [-0.39, 0.29) is 31.5 Å². The summed E-state index contributed by atoms with van der Waals surface area (Å²) in [6, 6.07) is 38.0. The Labute approximate surface area is 307 Å². The Balaban J connectivity index is 1.28. The Kier molecular flexibility index (Phi) is 10.7. The van der Waals surface area contributed by atoms with Crippen molar-refractivity contribution in [3.8, 4) is 0 Å². The van der Waals surface area contributed by atoms with Crippen LogP contribution < -0.4 is 5.32 Å². The largest absolute Gasteiger partial charge is 0.480 e. The number of hydrogen-bond acceptors (Lipinski definition) is 7. The molecule has 5 aromatic rings. The lowest BCUT2D eigenvalue weighted by atomic mass is 9.86. The summed E-state index contributed by atoms with van der Waals surface area (Å²) in [6.07, 6.45) is 0.566. The van der Waals surface area contributed by atoms with Crippen LogP contribution in [0.15, 0.2) is 132 Å². The number of hydrogen-bond donors (Lipinski definition) is 2. The number of likely N-dealkylation sites (tertiary alicyclic amines) is 1. The molecule has 53 heavy (non-hydrogen) atoms. The van der Waals surface area contributed by atoms with Crippen LogP contribution in [0.4, 0.5) is 10.5 Å². The van der Waals surface area contributed by atoms with Crippen molar-refractivity contribution in [1.29, 1.82) is 0 Å². The Morgan fingerprint density at radius 1 is 0.830 bits per heavy atom. The number of ether oxygens (including phenoxy) is 1. The number of carbonyl (C=O) groups excluding carboxylic acids is 3. The molecule has 2 N–H and O–H groups in total. The lowest BCUT2D eigenvalue weighted by Gasteiger charge is -2.26. The summed E-state index contributed by atoms with van der Waals surface area (Å²) in [5.74, 6) is -2.89. The molecule has 0 aromatic heterocycles. The van der Waals surface area contributed by atoms with Gasteiger partial charge in [0.05, 0.1) is 24.0 Å². The second-order valence-corrected chi connectivity index (χ2v) is 13.4. The van der Waals surface area contributed by atoms with Crippen molar-refractivity contribution in [3.63, 3.8) is 0 Å². The average Bonchev–Trinajstić information content (AvgIpc) is 3.84. The number of imide groups is 1. The minimum atomic E-state index is -1.45. The van der Waals surface area contributed by atoms with E-state index in [4.69, 9.17) is 9.73 Å². The number of aliphatic imine (C=N–C) groups is 1. The molecule has 0 unspecified atom stereocenters. The van der Waals surface area contributed by atoms with E-state index in [1.165, 1.54) is 0 Å². The van der Waals surface area contributed by atoms with Gasteiger partial charge in [0.15, 0.2) is 6.04 Å². The van der Waals surface area contributed by atoms with Crippen molar-refractivity contribution in [2.24, 2.45) is 4.99 Å². The van der Waals surface area contributed by atoms with Crippen LogP contribution in [0, 0.1) is 0 Å². The van der Waals surface area contributed by atoms with Crippen molar-refractivity contribution >= 4 is 46.0 Å². The first-order chi connectivity index (χ1) is 25.9. The van der Waals surface area contributed by atoms with Crippen molar-refractivity contribution < 1.29 is 29.0 Å². The first kappa shape index (κ1) is 35.3. The molecule has 3 amide bonds. The number of benzene rings is 5. The summed E-state index contributed by atoms with van der Waals surface area (Å²) >= 11 is 0. The van der Waals surface area contributed by atoms with Gasteiger partial charge in [-0.05, 0) is 47.4 Å². The molecule has 10 heteroatoms. The van der Waals surface area contributed by atoms with Gasteiger partial charge >= 0.3 is 12.1 Å². The van der Waals surface area contributed by atoms with Crippen LogP contribution in [0.1, 0.15) is 47.4 Å². The number of carboxylic acids is 1. The van der Waals surface area contributed by atoms with Crippen LogP contribution in [-0.2, 0) is 25.7 Å². The Bertz CT molecular complexity index is 2150. The third-order valence-corrected chi connectivity index (χ3v) is 9.94. The maximum atomic E-state index is 14.0. The van der Waals surface area contributed by atoms with Gasteiger partial charge < -0.3 is 15.2 Å². The monoisotopic (exact) mass is 708 g/mol. The highest BCUT2D eigenvalue weighted by molar-refractivity contribution is 6.18. The van der Waals surface area contributed by atoms with Gasteiger partial charge in [0.1, 0.15) is 6.61 Å². The Hall–Kier alpha value is -6.13. The first-order valence-electron chi connectivity index (χ1n) is 17.9. The summed E-state index contributed by atoms with van der Waals surface area (Å²) in [5.41, 5.74) is 3.74. The van der Waals surface area contributed by atoms with E-state index in [2.05, 4.69) is 22.3 Å². The SMILES string of the molecule is O=C(O)[C@@H](N=C(c1ccccc1)c1ccccc1NC(=O)[C@@H]1CCCN1Cc1ccccc1)[C@H](CC(=O)N1CCOC1=O)c1ccc2ccccc2c1. The van der Waals surface area contributed by atoms with Crippen LogP contribution in [0.5, 0.6) is 0 Å². The van der Waals surface area contributed by atoms with E-state index in [1.54, 1.807) is 6.07 Å². The van der Waals surface area contributed by atoms with Crippen LogP contribution in [-0.4, -0.2) is 76.3 Å². The first-order valence-corrected chi connectivity index (χ1v) is 17.9. The average molecular weight is 709 g/mol. The summed E-state index contributed by atoms with van der Waals surface area (Å²) in [6.45, 7) is 1.63. The van der Waals surface area contributed by atoms with Crippen molar-refractivity contribution in [2.75, 3.05) is 25.0 Å². The van der Waals surface area contributed by atoms with Crippen molar-refractivity contribution in [1.82, 2.24) is 9.80 Å². The van der Waals surface area contributed by atoms with Crippen LogP contribution in [0.2, 0.25) is 0 Å². The fourth-order valence-corrected chi connectivity index (χ4v) is 7.27. The fourth-order valence-electron chi connectivity index (χ4n) is 7.27. The summed E-state index contributed by atoms with van der Waals surface area (Å²) in [4.78, 5) is 61.5. The van der Waals surface area contributed by atoms with Crippen LogP contribution in [0.3, 0.4) is 0 Å². The molecule has 0 radical (unpaired) electrons. The van der Waals surface area contributed by atoms with Crippen molar-refractivity contribution in [2.45, 2.75) is 43.8 Å². The standard InChI is InChI=1S/C43H40N4O6/c48-38(47-24-25-53-43(47)52)27-35(33-22-21-30-14-7-8-17-32(30)26-33)40(42(50)51)45-39(31-15-5-2-6-16-31)34-18-9-10-19-36(34)44-41(49)37-20-11-23-46(37)28-29-12-3-1-4-13-29/h1-10,12-19,21-22,26,35,37,40H,11,20,23-25,27-28H2,(H,44,49)(H,50,51)/t35-,37+,40+/m1/s1. The number of anilines is 1. The van der Waals surface area contributed by atoms with Crippen LogP contribution >= 0.6 is 0 Å². The highest BCUT2D eigenvalue weighted by atomic mass is 16.6. The zero-order chi connectivity index (χ0) is 36.7. The molecule has 0 spiro atoms. The second-order valence-electron chi connectivity index (χ2n) is 13.4. The number of nitrogens with zero attached hydrogens (tertiary/aromatic N) is 3. The van der Waals surface area contributed by atoms with Gasteiger partial charge in [-0.2, -0.15) is 0 Å². The van der Waals surface area contributed by atoms with Gasteiger partial charge in [0.2, 0.25) is 11.8 Å². The number of nitrogens with one attached hydrogen (secondary N) is 1. The molecule has 2 aliphatic heterocycles. The molecule has 2 heterocycles. The second kappa shape index (κ2) is 16.0. The quantitative estimate of drug-likeness (QED) is 0.135. The molecular weight excluding hydrogens is 668 g/mol. The van der Waals surface area contributed by atoms with Gasteiger partial charge in [-0.3, -0.25) is 19.5 Å². The molecule has 2 saturated heterocycles. The zero-order valence-electron chi connectivity index (χ0n) is 29.1. The minimum Gasteiger partial charge on any atom is -0.480 e. The summed E-state index contributed by atoms with van der Waals surface area (Å²) in [7, 11) is 0. The highest BCUT2D eigenvalue weighted by Crippen LogP contribution is 2.32. The smallest absolute Gasteiger partial charge is 0.416 e. The number of para-hydroxylation sites is 1. The number of fused-ring (bicyclic) bond motifs is 1. The molecule has 0 aliphatic carbocycles. The van der Waals surface area contributed by atoms with E-state index in [0.717, 1.165) is 34.2 Å². The molecule has 5 aromatic carbocycles. The van der Waals surface area contributed by atoms with Crippen LogP contribution in [0.25, 0.3) is 10.8 Å². The molecule has 7 rings (SSSR count). The third kappa shape index (κ3) is 8.03. The molecule has 0 saturated carbocycles. The molecule has 2 aliphatic rings. The lowest BCUT2D eigenvalue weighted by molar-refractivity contribution is -0.139. The molecular formula is C43H40N4O6. The normalized spacial score (nSPS) is 17.4. The molecule has 3 atom stereocenters. The number of carboxylic acid groups (broad SMARTS) is 1.